The highest BCUT2D eigenvalue weighted by Crippen LogP contribution is 2.45. The summed E-state index contributed by atoms with van der Waals surface area (Å²) >= 11 is 9.59. The highest BCUT2D eigenvalue weighted by Gasteiger charge is 2.26. The zero-order valence-electron chi connectivity index (χ0n) is 12.2. The van der Waals surface area contributed by atoms with Gasteiger partial charge in [0.25, 0.3) is 0 Å². The number of benzene rings is 1. The van der Waals surface area contributed by atoms with Gasteiger partial charge in [-0.05, 0) is 49.1 Å². The summed E-state index contributed by atoms with van der Waals surface area (Å²) in [5.41, 5.74) is 1.01. The van der Waals surface area contributed by atoms with E-state index in [1.165, 1.54) is 26.4 Å². The smallest absolute Gasteiger partial charge is 0.188 e. The predicted molar refractivity (Wildman–Crippen MR) is 91.8 cm³/mol. The third-order valence-electron chi connectivity index (χ3n) is 3.72. The molecule has 1 fully saturated rings. The zero-order valence-corrected chi connectivity index (χ0v) is 15.5. The maximum absolute atomic E-state index is 12.7. The van der Waals surface area contributed by atoms with Gasteiger partial charge in [0.2, 0.25) is 0 Å². The number of carbonyl (C=O) groups is 1. The van der Waals surface area contributed by atoms with Gasteiger partial charge < -0.3 is 9.47 Å². The maximum Gasteiger partial charge on any atom is 0.188 e. The van der Waals surface area contributed by atoms with Crippen molar-refractivity contribution in [3.63, 3.8) is 0 Å². The number of rotatable bonds is 5. The molecular weight excluding hydrogens is 374 g/mol. The van der Waals surface area contributed by atoms with Crippen molar-refractivity contribution in [3.05, 3.63) is 21.1 Å². The lowest BCUT2D eigenvalue weighted by Crippen LogP contribution is -2.11. The van der Waals surface area contributed by atoms with Crippen LogP contribution in [0.25, 0.3) is 0 Å². The number of halogens is 2. The lowest BCUT2D eigenvalue weighted by molar-refractivity contribution is 0.107. The first-order valence-corrected chi connectivity index (χ1v) is 9.24. The average molecular weight is 394 g/mol. The first-order chi connectivity index (χ1) is 10.1. The Morgan fingerprint density at radius 3 is 2.43 bits per heavy atom. The largest absolute Gasteiger partial charge is 0.495 e. The van der Waals surface area contributed by atoms with Gasteiger partial charge in [-0.1, -0.05) is 30.9 Å². The molecule has 3 nitrogen and oxygen atoms in total. The minimum Gasteiger partial charge on any atom is -0.495 e. The molecule has 0 N–H and O–H groups in total. The van der Waals surface area contributed by atoms with Gasteiger partial charge in [-0.2, -0.15) is 0 Å². The molecule has 0 amide bonds. The molecule has 1 aliphatic rings. The van der Waals surface area contributed by atoms with Crippen LogP contribution < -0.4 is 9.47 Å². The Labute approximate surface area is 140 Å². The number of hydrogen-bond donors (Lipinski definition) is 0. The topological polar surface area (TPSA) is 35.5 Å². The molecule has 0 radical (unpaired) electrons. The molecule has 1 aromatic carbocycles. The molecular formula is C15H19BrClO3P. The van der Waals surface area contributed by atoms with Gasteiger partial charge in [-0.25, -0.2) is 0 Å². The van der Waals surface area contributed by atoms with Crippen LogP contribution in [-0.2, 0) is 0 Å². The fraction of sp³-hybridized carbons (Fsp3) is 0.533. The van der Waals surface area contributed by atoms with Gasteiger partial charge in [0.15, 0.2) is 11.3 Å². The summed E-state index contributed by atoms with van der Waals surface area (Å²) in [6, 6.07) is 1.69. The lowest BCUT2D eigenvalue weighted by atomic mass is 10.0. The molecule has 0 saturated heterocycles. The molecule has 0 aromatic heterocycles. The Morgan fingerprint density at radius 1 is 1.24 bits per heavy atom. The van der Waals surface area contributed by atoms with Crippen molar-refractivity contribution in [3.8, 4) is 11.5 Å². The van der Waals surface area contributed by atoms with Gasteiger partial charge in [0, 0.05) is 0 Å². The van der Waals surface area contributed by atoms with Gasteiger partial charge in [0.1, 0.15) is 11.3 Å². The highest BCUT2D eigenvalue weighted by molar-refractivity contribution is 9.10. The van der Waals surface area contributed by atoms with E-state index in [0.717, 1.165) is 12.8 Å². The summed E-state index contributed by atoms with van der Waals surface area (Å²) in [6.07, 6.45) is 5.99. The third kappa shape index (κ3) is 3.91. The molecule has 0 bridgehead atoms. The minimum absolute atomic E-state index is 0.0683. The van der Waals surface area contributed by atoms with Crippen LogP contribution in [0, 0.1) is 0 Å². The van der Waals surface area contributed by atoms with Crippen LogP contribution in [0.2, 0.25) is 5.02 Å². The normalized spacial score (nSPS) is 16.4. The van der Waals surface area contributed by atoms with E-state index in [9.17, 15) is 4.79 Å². The van der Waals surface area contributed by atoms with E-state index in [1.54, 1.807) is 13.2 Å². The Balaban J connectivity index is 2.33. The molecule has 1 atom stereocenters. The van der Waals surface area contributed by atoms with Gasteiger partial charge in [-0.3, -0.25) is 4.79 Å². The van der Waals surface area contributed by atoms with E-state index in [-0.39, 0.29) is 14.1 Å². The third-order valence-corrected chi connectivity index (χ3v) is 6.08. The SMILES string of the molecule is COc1c(Cl)cc(Br)c(OC)c1C(=O)PC1CCCCC1. The second kappa shape index (κ2) is 7.80. The van der Waals surface area contributed by atoms with Gasteiger partial charge >= 0.3 is 0 Å². The van der Waals surface area contributed by atoms with E-state index in [1.807, 2.05) is 0 Å². The highest BCUT2D eigenvalue weighted by atomic mass is 79.9. The fourth-order valence-electron chi connectivity index (χ4n) is 2.69. The van der Waals surface area contributed by atoms with E-state index in [2.05, 4.69) is 15.9 Å². The number of methoxy groups -OCH3 is 2. The van der Waals surface area contributed by atoms with Crippen LogP contribution >= 0.6 is 36.1 Å². The van der Waals surface area contributed by atoms with Crippen LogP contribution in [0.15, 0.2) is 10.5 Å². The Hall–Kier alpha value is -0.310. The van der Waals surface area contributed by atoms with Crippen LogP contribution in [0.5, 0.6) is 11.5 Å². The summed E-state index contributed by atoms with van der Waals surface area (Å²) in [7, 11) is 3.32. The minimum atomic E-state index is 0.0683. The van der Waals surface area contributed by atoms with Crippen LogP contribution in [0.4, 0.5) is 0 Å². The summed E-state index contributed by atoms with van der Waals surface area (Å²) in [6.45, 7) is 0. The van der Waals surface area contributed by atoms with E-state index in [0.29, 0.717) is 32.2 Å². The summed E-state index contributed by atoms with van der Waals surface area (Å²) in [5.74, 6) is 0.912. The van der Waals surface area contributed by atoms with Crippen molar-refractivity contribution in [2.24, 2.45) is 0 Å². The number of hydrogen-bond acceptors (Lipinski definition) is 3. The maximum atomic E-state index is 12.7. The molecule has 1 unspecified atom stereocenters. The molecule has 116 valence electrons. The zero-order chi connectivity index (χ0) is 15.4. The molecule has 6 heteroatoms. The van der Waals surface area contributed by atoms with Crippen molar-refractivity contribution in [1.82, 2.24) is 0 Å². The summed E-state index contributed by atoms with van der Waals surface area (Å²) < 4.78 is 11.4. The van der Waals surface area contributed by atoms with Crippen molar-refractivity contribution < 1.29 is 14.3 Å². The van der Waals surface area contributed by atoms with Crippen LogP contribution in [0.3, 0.4) is 0 Å². The monoisotopic (exact) mass is 392 g/mol. The number of ether oxygens (including phenoxy) is 2. The first-order valence-electron chi connectivity index (χ1n) is 6.99. The van der Waals surface area contributed by atoms with Gasteiger partial charge in [0.05, 0.1) is 23.7 Å². The van der Waals surface area contributed by atoms with Crippen molar-refractivity contribution >= 4 is 41.6 Å². The van der Waals surface area contributed by atoms with Gasteiger partial charge in [-0.15, -0.1) is 0 Å². The fourth-order valence-corrected chi connectivity index (χ4v) is 5.13. The summed E-state index contributed by atoms with van der Waals surface area (Å²) in [4.78, 5) is 12.7. The quantitative estimate of drug-likeness (QED) is 0.639. The van der Waals surface area contributed by atoms with E-state index < -0.39 is 0 Å². The second-order valence-electron chi connectivity index (χ2n) is 5.09. The van der Waals surface area contributed by atoms with E-state index in [4.69, 9.17) is 21.1 Å². The van der Waals surface area contributed by atoms with Crippen molar-refractivity contribution in [2.75, 3.05) is 14.2 Å². The summed E-state index contributed by atoms with van der Waals surface area (Å²) in [5, 5.41) is 0.418. The molecule has 1 aliphatic carbocycles. The first kappa shape index (κ1) is 17.1. The molecule has 0 spiro atoms. The number of carbonyl (C=O) groups excluding carboxylic acids is 1. The van der Waals surface area contributed by atoms with Crippen LogP contribution in [0.1, 0.15) is 42.5 Å². The Bertz CT molecular complexity index is 502. The van der Waals surface area contributed by atoms with Crippen molar-refractivity contribution in [1.29, 1.82) is 0 Å². The standard InChI is InChI=1S/C15H19BrClO3P/c1-19-13-10(16)8-11(17)14(20-2)12(13)15(18)21-9-6-4-3-5-7-9/h8-9,21H,3-7H2,1-2H3. The Morgan fingerprint density at radius 2 is 1.86 bits per heavy atom. The molecule has 0 aliphatic heterocycles. The molecule has 21 heavy (non-hydrogen) atoms. The van der Waals surface area contributed by atoms with E-state index >= 15 is 0 Å². The molecule has 1 saturated carbocycles. The molecule has 2 rings (SSSR count). The molecule has 0 heterocycles. The van der Waals surface area contributed by atoms with Crippen LogP contribution in [-0.4, -0.2) is 25.4 Å². The molecule has 1 aromatic rings. The van der Waals surface area contributed by atoms with Crippen molar-refractivity contribution in [2.45, 2.75) is 37.8 Å². The average Bonchev–Trinajstić information content (AvgIpc) is 2.47. The second-order valence-corrected chi connectivity index (χ2v) is 7.91. The lowest BCUT2D eigenvalue weighted by Gasteiger charge is -2.22. The Kier molecular flexibility index (Phi) is 6.34. The predicted octanol–water partition coefficient (Wildman–Crippen LogP) is 5.27.